The lowest BCUT2D eigenvalue weighted by atomic mass is 10.2. The summed E-state index contributed by atoms with van der Waals surface area (Å²) in [5.41, 5.74) is 2.10. The Balaban J connectivity index is 2.58. The van der Waals surface area contributed by atoms with Crippen LogP contribution in [0.15, 0.2) is 18.5 Å². The highest BCUT2D eigenvalue weighted by molar-refractivity contribution is 5.84. The zero-order valence-corrected chi connectivity index (χ0v) is 7.06. The molecular formula is C8H8N4O. The Bertz CT molecular complexity index is 429. The van der Waals surface area contributed by atoms with Crippen LogP contribution in [0.25, 0.3) is 11.4 Å². The Morgan fingerprint density at radius 1 is 1.62 bits per heavy atom. The maximum atomic E-state index is 10.6. The summed E-state index contributed by atoms with van der Waals surface area (Å²) in [5, 5.41) is 10.6. The van der Waals surface area contributed by atoms with Gasteiger partial charge in [0.25, 0.3) is 0 Å². The zero-order chi connectivity index (χ0) is 9.26. The van der Waals surface area contributed by atoms with Crippen LogP contribution >= 0.6 is 0 Å². The lowest BCUT2D eigenvalue weighted by molar-refractivity contribution is 0.112. The first kappa shape index (κ1) is 7.72. The monoisotopic (exact) mass is 176 g/mol. The highest BCUT2D eigenvalue weighted by atomic mass is 16.1. The number of hydrogen-bond acceptors (Lipinski definition) is 3. The van der Waals surface area contributed by atoms with Gasteiger partial charge in [-0.25, -0.2) is 0 Å². The van der Waals surface area contributed by atoms with E-state index in [2.05, 4.69) is 15.3 Å². The van der Waals surface area contributed by atoms with Gasteiger partial charge in [0.05, 0.1) is 23.1 Å². The van der Waals surface area contributed by atoms with Crippen molar-refractivity contribution in [1.82, 2.24) is 20.0 Å². The molecule has 5 nitrogen and oxygen atoms in total. The molecule has 0 atom stereocenters. The number of nitrogens with zero attached hydrogens (tertiary/aromatic N) is 3. The molecule has 0 amide bonds. The lowest BCUT2D eigenvalue weighted by Gasteiger charge is -1.97. The van der Waals surface area contributed by atoms with Gasteiger partial charge in [0.1, 0.15) is 0 Å². The third kappa shape index (κ3) is 1.14. The predicted molar refractivity (Wildman–Crippen MR) is 46.2 cm³/mol. The first-order valence-electron chi connectivity index (χ1n) is 3.80. The molecule has 0 saturated carbocycles. The third-order valence-electron chi connectivity index (χ3n) is 1.87. The number of aromatic amines is 1. The summed E-state index contributed by atoms with van der Waals surface area (Å²) in [6, 6.07) is 1.82. The van der Waals surface area contributed by atoms with Crippen LogP contribution < -0.4 is 0 Å². The van der Waals surface area contributed by atoms with Crippen LogP contribution in [-0.2, 0) is 7.05 Å². The predicted octanol–water partition coefficient (Wildman–Crippen LogP) is 0.623. The summed E-state index contributed by atoms with van der Waals surface area (Å²) in [5.74, 6) is 0. The van der Waals surface area contributed by atoms with Crippen LogP contribution in [0, 0.1) is 0 Å². The van der Waals surface area contributed by atoms with Crippen LogP contribution in [0.2, 0.25) is 0 Å². The fourth-order valence-corrected chi connectivity index (χ4v) is 1.21. The molecule has 0 aliphatic rings. The Hall–Kier alpha value is -1.91. The second-order valence-electron chi connectivity index (χ2n) is 2.66. The fourth-order valence-electron chi connectivity index (χ4n) is 1.21. The van der Waals surface area contributed by atoms with E-state index in [0.717, 1.165) is 12.0 Å². The molecule has 0 aliphatic carbocycles. The van der Waals surface area contributed by atoms with Gasteiger partial charge in [-0.15, -0.1) is 0 Å². The molecule has 0 unspecified atom stereocenters. The Morgan fingerprint density at radius 2 is 2.46 bits per heavy atom. The second kappa shape index (κ2) is 2.85. The van der Waals surface area contributed by atoms with E-state index < -0.39 is 0 Å². The number of hydrogen-bond donors (Lipinski definition) is 1. The van der Waals surface area contributed by atoms with Crippen LogP contribution in [0.1, 0.15) is 10.4 Å². The van der Waals surface area contributed by atoms with E-state index in [4.69, 9.17) is 0 Å². The van der Waals surface area contributed by atoms with Crippen molar-refractivity contribution < 1.29 is 4.79 Å². The molecule has 2 aromatic rings. The number of aldehydes is 1. The SMILES string of the molecule is Cn1nccc1-c1[nH]ncc1C=O. The molecule has 13 heavy (non-hydrogen) atoms. The molecule has 0 saturated heterocycles. The largest absolute Gasteiger partial charge is 0.298 e. The molecule has 0 spiro atoms. The Kier molecular flexibility index (Phi) is 1.70. The van der Waals surface area contributed by atoms with Crippen LogP contribution in [-0.4, -0.2) is 26.3 Å². The lowest BCUT2D eigenvalue weighted by Crippen LogP contribution is -1.95. The molecule has 2 heterocycles. The van der Waals surface area contributed by atoms with Gasteiger partial charge in [-0.3, -0.25) is 14.6 Å². The van der Waals surface area contributed by atoms with E-state index in [1.54, 1.807) is 10.9 Å². The van der Waals surface area contributed by atoms with Crippen molar-refractivity contribution >= 4 is 6.29 Å². The van der Waals surface area contributed by atoms with Gasteiger partial charge in [-0.1, -0.05) is 0 Å². The standard InChI is InChI=1S/C8H8N4O/c1-12-7(2-3-10-12)8-6(5-13)4-9-11-8/h2-5H,1H3,(H,9,11). The van der Waals surface area contributed by atoms with E-state index in [1.165, 1.54) is 6.20 Å². The van der Waals surface area contributed by atoms with E-state index >= 15 is 0 Å². The number of carbonyl (C=O) groups is 1. The molecule has 1 N–H and O–H groups in total. The van der Waals surface area contributed by atoms with Crippen molar-refractivity contribution in [1.29, 1.82) is 0 Å². The number of nitrogens with one attached hydrogen (secondary N) is 1. The summed E-state index contributed by atoms with van der Waals surface area (Å²) in [6.07, 6.45) is 3.94. The normalized spacial score (nSPS) is 10.2. The van der Waals surface area contributed by atoms with Crippen molar-refractivity contribution in [3.8, 4) is 11.4 Å². The van der Waals surface area contributed by atoms with Gasteiger partial charge < -0.3 is 0 Å². The number of H-pyrrole nitrogens is 1. The minimum absolute atomic E-state index is 0.545. The van der Waals surface area contributed by atoms with Crippen molar-refractivity contribution in [3.05, 3.63) is 24.0 Å². The topological polar surface area (TPSA) is 63.6 Å². The number of rotatable bonds is 2. The number of aromatic nitrogens is 4. The van der Waals surface area contributed by atoms with Gasteiger partial charge in [-0.2, -0.15) is 10.2 Å². The van der Waals surface area contributed by atoms with Crippen LogP contribution in [0.5, 0.6) is 0 Å². The molecule has 2 aromatic heterocycles. The Labute approximate surface area is 74.4 Å². The molecular weight excluding hydrogens is 168 g/mol. The van der Waals surface area contributed by atoms with Gasteiger partial charge >= 0.3 is 0 Å². The maximum absolute atomic E-state index is 10.6. The van der Waals surface area contributed by atoms with E-state index in [0.29, 0.717) is 11.3 Å². The zero-order valence-electron chi connectivity index (χ0n) is 7.06. The average Bonchev–Trinajstić information content (AvgIpc) is 2.71. The molecule has 0 bridgehead atoms. The molecule has 0 radical (unpaired) electrons. The molecule has 2 rings (SSSR count). The van der Waals surface area contributed by atoms with Crippen molar-refractivity contribution in [2.75, 3.05) is 0 Å². The van der Waals surface area contributed by atoms with Crippen LogP contribution in [0.3, 0.4) is 0 Å². The van der Waals surface area contributed by atoms with Crippen LogP contribution in [0.4, 0.5) is 0 Å². The fraction of sp³-hybridized carbons (Fsp3) is 0.125. The van der Waals surface area contributed by atoms with Crippen molar-refractivity contribution in [3.63, 3.8) is 0 Å². The van der Waals surface area contributed by atoms with Crippen molar-refractivity contribution in [2.24, 2.45) is 7.05 Å². The summed E-state index contributed by atoms with van der Waals surface area (Å²) in [7, 11) is 1.81. The quantitative estimate of drug-likeness (QED) is 0.682. The molecule has 66 valence electrons. The van der Waals surface area contributed by atoms with Gasteiger partial charge in [0.15, 0.2) is 6.29 Å². The number of carbonyl (C=O) groups excluding carboxylic acids is 1. The molecule has 0 aromatic carbocycles. The maximum Gasteiger partial charge on any atom is 0.153 e. The first-order valence-corrected chi connectivity index (χ1v) is 3.80. The summed E-state index contributed by atoms with van der Waals surface area (Å²) >= 11 is 0. The van der Waals surface area contributed by atoms with Gasteiger partial charge in [-0.05, 0) is 6.07 Å². The summed E-state index contributed by atoms with van der Waals surface area (Å²) < 4.78 is 1.68. The summed E-state index contributed by atoms with van der Waals surface area (Å²) in [6.45, 7) is 0. The third-order valence-corrected chi connectivity index (χ3v) is 1.87. The first-order chi connectivity index (χ1) is 6.33. The highest BCUT2D eigenvalue weighted by Gasteiger charge is 2.09. The molecule has 0 fully saturated rings. The van der Waals surface area contributed by atoms with E-state index in [-0.39, 0.29) is 0 Å². The molecule has 5 heteroatoms. The minimum atomic E-state index is 0.545. The smallest absolute Gasteiger partial charge is 0.153 e. The number of aryl methyl sites for hydroxylation is 1. The van der Waals surface area contributed by atoms with Gasteiger partial charge in [0, 0.05) is 13.2 Å². The second-order valence-corrected chi connectivity index (χ2v) is 2.66. The Morgan fingerprint density at radius 3 is 3.08 bits per heavy atom. The van der Waals surface area contributed by atoms with E-state index in [1.807, 2.05) is 13.1 Å². The average molecular weight is 176 g/mol. The minimum Gasteiger partial charge on any atom is -0.298 e. The van der Waals surface area contributed by atoms with Crippen molar-refractivity contribution in [2.45, 2.75) is 0 Å². The van der Waals surface area contributed by atoms with E-state index in [9.17, 15) is 4.79 Å². The summed E-state index contributed by atoms with van der Waals surface area (Å²) in [4.78, 5) is 10.6. The highest BCUT2D eigenvalue weighted by Crippen LogP contribution is 2.17. The van der Waals surface area contributed by atoms with Gasteiger partial charge in [0.2, 0.25) is 0 Å². The molecule has 0 aliphatic heterocycles.